The molecule has 0 spiro atoms. The van der Waals surface area contributed by atoms with Crippen molar-refractivity contribution in [2.75, 3.05) is 33.3 Å². The van der Waals surface area contributed by atoms with Crippen molar-refractivity contribution in [3.63, 3.8) is 0 Å². The Morgan fingerprint density at radius 3 is 2.80 bits per heavy atom. The molecule has 1 fully saturated rings. The quantitative estimate of drug-likeness (QED) is 0.461. The number of guanidine groups is 1. The van der Waals surface area contributed by atoms with Crippen molar-refractivity contribution in [2.24, 2.45) is 4.99 Å². The smallest absolute Gasteiger partial charge is 0.191 e. The summed E-state index contributed by atoms with van der Waals surface area (Å²) in [4.78, 5) is 7.28. The lowest BCUT2D eigenvalue weighted by Gasteiger charge is -2.34. The van der Waals surface area contributed by atoms with E-state index in [2.05, 4.69) is 52.8 Å². The largest absolute Gasteiger partial charge is 0.504 e. The van der Waals surface area contributed by atoms with E-state index in [4.69, 9.17) is 9.73 Å². The third-order valence-electron chi connectivity index (χ3n) is 5.35. The van der Waals surface area contributed by atoms with E-state index in [0.717, 1.165) is 50.5 Å². The summed E-state index contributed by atoms with van der Waals surface area (Å²) in [6.45, 7) is 6.75. The number of aromatic hydroxyl groups is 1. The maximum Gasteiger partial charge on any atom is 0.191 e. The fourth-order valence-corrected chi connectivity index (χ4v) is 3.85. The van der Waals surface area contributed by atoms with Crippen LogP contribution < -0.4 is 15.4 Å². The average molecular weight is 411 g/mol. The van der Waals surface area contributed by atoms with Gasteiger partial charge in [0.1, 0.15) is 0 Å². The van der Waals surface area contributed by atoms with Crippen molar-refractivity contribution >= 4 is 5.96 Å². The van der Waals surface area contributed by atoms with Gasteiger partial charge in [0.05, 0.1) is 7.11 Å². The number of likely N-dealkylation sites (tertiary alicyclic amines) is 1. The number of benzene rings is 2. The Kier molecular flexibility index (Phi) is 8.39. The SMILES string of the molecule is CCNC(=NCCc1ccc(O)c(OC)c1)NC1CCCN(Cc2ccccc2)C1. The average Bonchev–Trinajstić information content (AvgIpc) is 2.76. The summed E-state index contributed by atoms with van der Waals surface area (Å²) < 4.78 is 5.19. The highest BCUT2D eigenvalue weighted by Gasteiger charge is 2.20. The second-order valence-corrected chi connectivity index (χ2v) is 7.72. The van der Waals surface area contributed by atoms with Gasteiger partial charge in [-0.3, -0.25) is 9.89 Å². The zero-order valence-corrected chi connectivity index (χ0v) is 18.1. The van der Waals surface area contributed by atoms with Crippen LogP contribution >= 0.6 is 0 Å². The molecule has 0 aromatic heterocycles. The predicted octanol–water partition coefficient (Wildman–Crippen LogP) is 3.16. The zero-order chi connectivity index (χ0) is 21.2. The summed E-state index contributed by atoms with van der Waals surface area (Å²) in [5.74, 6) is 1.54. The first-order chi connectivity index (χ1) is 14.7. The Morgan fingerprint density at radius 1 is 1.20 bits per heavy atom. The third-order valence-corrected chi connectivity index (χ3v) is 5.35. The van der Waals surface area contributed by atoms with Crippen LogP contribution in [0.15, 0.2) is 53.5 Å². The first kappa shape index (κ1) is 22.0. The molecule has 3 N–H and O–H groups in total. The minimum Gasteiger partial charge on any atom is -0.504 e. The molecule has 6 heteroatoms. The molecule has 0 saturated carbocycles. The number of nitrogens with one attached hydrogen (secondary N) is 2. The molecule has 1 saturated heterocycles. The number of phenolic OH excluding ortho intramolecular Hbond substituents is 1. The molecule has 1 aliphatic rings. The fraction of sp³-hybridized carbons (Fsp3) is 0.458. The van der Waals surface area contributed by atoms with E-state index >= 15 is 0 Å². The van der Waals surface area contributed by atoms with Gasteiger partial charge < -0.3 is 20.5 Å². The van der Waals surface area contributed by atoms with Gasteiger partial charge in [0.2, 0.25) is 0 Å². The van der Waals surface area contributed by atoms with Crippen LogP contribution in [0.3, 0.4) is 0 Å². The normalized spacial score (nSPS) is 17.5. The van der Waals surface area contributed by atoms with Gasteiger partial charge in [-0.25, -0.2) is 0 Å². The van der Waals surface area contributed by atoms with Gasteiger partial charge in [-0.1, -0.05) is 36.4 Å². The lowest BCUT2D eigenvalue weighted by molar-refractivity contribution is 0.192. The number of rotatable bonds is 8. The number of hydrogen-bond acceptors (Lipinski definition) is 4. The van der Waals surface area contributed by atoms with Crippen molar-refractivity contribution in [1.29, 1.82) is 0 Å². The van der Waals surface area contributed by atoms with E-state index in [-0.39, 0.29) is 5.75 Å². The van der Waals surface area contributed by atoms with Crippen molar-refractivity contribution in [2.45, 2.75) is 38.8 Å². The zero-order valence-electron chi connectivity index (χ0n) is 18.1. The lowest BCUT2D eigenvalue weighted by Crippen LogP contribution is -2.51. The minimum absolute atomic E-state index is 0.164. The van der Waals surface area contributed by atoms with Gasteiger partial charge in [-0.05, 0) is 56.0 Å². The molecule has 6 nitrogen and oxygen atoms in total. The van der Waals surface area contributed by atoms with Crippen LogP contribution in [0.5, 0.6) is 11.5 Å². The topological polar surface area (TPSA) is 69.1 Å². The van der Waals surface area contributed by atoms with Crippen LogP contribution in [-0.4, -0.2) is 55.3 Å². The summed E-state index contributed by atoms with van der Waals surface area (Å²) >= 11 is 0. The summed E-state index contributed by atoms with van der Waals surface area (Å²) in [6, 6.07) is 16.5. The number of piperidine rings is 1. The lowest BCUT2D eigenvalue weighted by atomic mass is 10.0. The van der Waals surface area contributed by atoms with E-state index in [0.29, 0.717) is 18.3 Å². The van der Waals surface area contributed by atoms with E-state index in [1.165, 1.54) is 12.0 Å². The number of ether oxygens (including phenoxy) is 1. The molecule has 1 unspecified atom stereocenters. The van der Waals surface area contributed by atoms with Crippen LogP contribution in [0.25, 0.3) is 0 Å². The summed E-state index contributed by atoms with van der Waals surface area (Å²) in [5, 5.41) is 16.7. The molecule has 2 aromatic rings. The van der Waals surface area contributed by atoms with E-state index in [1.807, 2.05) is 12.1 Å². The highest BCUT2D eigenvalue weighted by Crippen LogP contribution is 2.26. The van der Waals surface area contributed by atoms with E-state index in [9.17, 15) is 5.11 Å². The first-order valence-corrected chi connectivity index (χ1v) is 10.8. The maximum absolute atomic E-state index is 9.74. The molecule has 162 valence electrons. The van der Waals surface area contributed by atoms with Gasteiger partial charge in [0, 0.05) is 32.2 Å². The fourth-order valence-electron chi connectivity index (χ4n) is 3.85. The number of nitrogens with zero attached hydrogens (tertiary/aromatic N) is 2. The van der Waals surface area contributed by atoms with Gasteiger partial charge >= 0.3 is 0 Å². The second kappa shape index (κ2) is 11.5. The van der Waals surface area contributed by atoms with Gasteiger partial charge in [0.15, 0.2) is 17.5 Å². The number of methoxy groups -OCH3 is 1. The summed E-state index contributed by atoms with van der Waals surface area (Å²) in [7, 11) is 1.56. The molecule has 0 aliphatic carbocycles. The Hall–Kier alpha value is -2.73. The van der Waals surface area contributed by atoms with Crippen LogP contribution in [0, 0.1) is 0 Å². The molecule has 0 radical (unpaired) electrons. The molecule has 3 rings (SSSR count). The Morgan fingerprint density at radius 2 is 2.03 bits per heavy atom. The van der Waals surface area contributed by atoms with Gasteiger partial charge in [-0.15, -0.1) is 0 Å². The van der Waals surface area contributed by atoms with Crippen LogP contribution in [0.4, 0.5) is 0 Å². The molecule has 1 heterocycles. The van der Waals surface area contributed by atoms with Gasteiger partial charge in [0.25, 0.3) is 0 Å². The molecule has 0 bridgehead atoms. The number of phenols is 1. The van der Waals surface area contributed by atoms with Crippen molar-refractivity contribution in [1.82, 2.24) is 15.5 Å². The molecular weight excluding hydrogens is 376 g/mol. The number of aliphatic imine (C=N–C) groups is 1. The standard InChI is InChI=1S/C24H34N4O2/c1-3-25-24(26-14-13-19-11-12-22(29)23(16-19)30-2)27-21-10-7-15-28(18-21)17-20-8-5-4-6-9-20/h4-6,8-9,11-12,16,21,29H,3,7,10,13-15,17-18H2,1-2H3,(H2,25,26,27). The monoisotopic (exact) mass is 410 g/mol. The second-order valence-electron chi connectivity index (χ2n) is 7.72. The van der Waals surface area contributed by atoms with Crippen LogP contribution in [0.2, 0.25) is 0 Å². The van der Waals surface area contributed by atoms with Crippen LogP contribution in [-0.2, 0) is 13.0 Å². The van der Waals surface area contributed by atoms with Gasteiger partial charge in [-0.2, -0.15) is 0 Å². The van der Waals surface area contributed by atoms with Crippen LogP contribution in [0.1, 0.15) is 30.9 Å². The third kappa shape index (κ3) is 6.66. The number of hydrogen-bond donors (Lipinski definition) is 3. The molecule has 30 heavy (non-hydrogen) atoms. The summed E-state index contributed by atoms with van der Waals surface area (Å²) in [6.07, 6.45) is 3.14. The Balaban J connectivity index is 1.53. The predicted molar refractivity (Wildman–Crippen MR) is 122 cm³/mol. The minimum atomic E-state index is 0.164. The highest BCUT2D eigenvalue weighted by molar-refractivity contribution is 5.80. The molecule has 1 atom stereocenters. The molecular formula is C24H34N4O2. The molecule has 2 aromatic carbocycles. The Bertz CT molecular complexity index is 810. The Labute approximate surface area is 180 Å². The maximum atomic E-state index is 9.74. The molecule has 0 amide bonds. The van der Waals surface area contributed by atoms with E-state index < -0.39 is 0 Å². The molecule has 1 aliphatic heterocycles. The van der Waals surface area contributed by atoms with Crippen molar-refractivity contribution < 1.29 is 9.84 Å². The highest BCUT2D eigenvalue weighted by atomic mass is 16.5. The van der Waals surface area contributed by atoms with Crippen molar-refractivity contribution in [3.05, 3.63) is 59.7 Å². The van der Waals surface area contributed by atoms with Crippen molar-refractivity contribution in [3.8, 4) is 11.5 Å². The first-order valence-electron chi connectivity index (χ1n) is 10.8. The summed E-state index contributed by atoms with van der Waals surface area (Å²) in [5.41, 5.74) is 2.46. The van der Waals surface area contributed by atoms with E-state index in [1.54, 1.807) is 13.2 Å².